The van der Waals surface area contributed by atoms with Crippen LogP contribution in [0.4, 0.5) is 0 Å². The Morgan fingerprint density at radius 3 is 2.44 bits per heavy atom. The van der Waals surface area contributed by atoms with Crippen LogP contribution in [0.3, 0.4) is 0 Å². The summed E-state index contributed by atoms with van der Waals surface area (Å²) in [6.45, 7) is 3.18. The number of ether oxygens (including phenoxy) is 1. The fourth-order valence-corrected chi connectivity index (χ4v) is 1.50. The summed E-state index contributed by atoms with van der Waals surface area (Å²) in [6.07, 6.45) is -0.135. The van der Waals surface area contributed by atoms with Crippen molar-refractivity contribution in [3.05, 3.63) is 30.3 Å². The summed E-state index contributed by atoms with van der Waals surface area (Å²) in [4.78, 5) is 22.2. The molecule has 5 heteroatoms. The second-order valence-electron chi connectivity index (χ2n) is 4.60. The van der Waals surface area contributed by atoms with Crippen LogP contribution in [0.1, 0.15) is 20.3 Å². The molecule has 18 heavy (non-hydrogen) atoms. The minimum atomic E-state index is -0.954. The predicted molar refractivity (Wildman–Crippen MR) is 66.4 cm³/mol. The number of hydrogen-bond donors (Lipinski definition) is 2. The molecule has 0 saturated carbocycles. The van der Waals surface area contributed by atoms with Gasteiger partial charge in [-0.15, -0.1) is 0 Å². The Morgan fingerprint density at radius 1 is 1.28 bits per heavy atom. The van der Waals surface area contributed by atoms with Crippen molar-refractivity contribution < 1.29 is 19.4 Å². The van der Waals surface area contributed by atoms with Crippen LogP contribution in [0.15, 0.2) is 30.3 Å². The first-order chi connectivity index (χ1) is 8.39. The maximum Gasteiger partial charge on any atom is 0.305 e. The molecular formula is C13H17NO4. The third-order valence-corrected chi connectivity index (χ3v) is 2.18. The first-order valence-electron chi connectivity index (χ1n) is 5.60. The number of carbonyl (C=O) groups excluding carboxylic acids is 1. The third kappa shape index (κ3) is 5.34. The van der Waals surface area contributed by atoms with Crippen LogP contribution in [0.25, 0.3) is 0 Å². The van der Waals surface area contributed by atoms with Gasteiger partial charge in [0, 0.05) is 5.54 Å². The van der Waals surface area contributed by atoms with Gasteiger partial charge in [-0.25, -0.2) is 0 Å². The Bertz CT molecular complexity index is 414. The minimum absolute atomic E-state index is 0.132. The molecule has 0 aliphatic rings. The smallest absolute Gasteiger partial charge is 0.305 e. The van der Waals surface area contributed by atoms with Crippen LogP contribution in [0.2, 0.25) is 0 Å². The van der Waals surface area contributed by atoms with Gasteiger partial charge in [-0.2, -0.15) is 0 Å². The van der Waals surface area contributed by atoms with Gasteiger partial charge in [0.15, 0.2) is 6.61 Å². The van der Waals surface area contributed by atoms with E-state index in [0.29, 0.717) is 5.75 Å². The average Bonchev–Trinajstić information content (AvgIpc) is 2.25. The van der Waals surface area contributed by atoms with E-state index >= 15 is 0 Å². The Morgan fingerprint density at radius 2 is 1.89 bits per heavy atom. The maximum absolute atomic E-state index is 11.6. The van der Waals surface area contributed by atoms with Crippen molar-refractivity contribution in [1.82, 2.24) is 5.32 Å². The Balaban J connectivity index is 2.40. The fourth-order valence-electron chi connectivity index (χ4n) is 1.50. The molecular weight excluding hydrogens is 234 g/mol. The zero-order chi connectivity index (χ0) is 13.6. The van der Waals surface area contributed by atoms with Crippen LogP contribution in [-0.4, -0.2) is 29.1 Å². The zero-order valence-corrected chi connectivity index (χ0v) is 10.5. The van der Waals surface area contributed by atoms with Gasteiger partial charge in [0.1, 0.15) is 5.75 Å². The van der Waals surface area contributed by atoms with E-state index in [1.165, 1.54) is 0 Å². The number of para-hydroxylation sites is 1. The van der Waals surface area contributed by atoms with Crippen LogP contribution in [0.5, 0.6) is 5.75 Å². The largest absolute Gasteiger partial charge is 0.484 e. The van der Waals surface area contributed by atoms with Crippen LogP contribution in [-0.2, 0) is 9.59 Å². The molecule has 0 saturated heterocycles. The van der Waals surface area contributed by atoms with Crippen LogP contribution in [0, 0.1) is 0 Å². The van der Waals surface area contributed by atoms with Gasteiger partial charge in [-0.05, 0) is 26.0 Å². The Hall–Kier alpha value is -2.04. The summed E-state index contributed by atoms with van der Waals surface area (Å²) >= 11 is 0. The molecule has 1 rings (SSSR count). The lowest BCUT2D eigenvalue weighted by Gasteiger charge is -2.24. The van der Waals surface area contributed by atoms with Crippen molar-refractivity contribution in [2.75, 3.05) is 6.61 Å². The van der Waals surface area contributed by atoms with E-state index in [4.69, 9.17) is 9.84 Å². The first kappa shape index (κ1) is 14.0. The van der Waals surface area contributed by atoms with Crippen LogP contribution < -0.4 is 10.1 Å². The van der Waals surface area contributed by atoms with Gasteiger partial charge < -0.3 is 15.2 Å². The molecule has 0 aromatic heterocycles. The molecule has 5 nitrogen and oxygen atoms in total. The van der Waals surface area contributed by atoms with Gasteiger partial charge in [0.2, 0.25) is 0 Å². The molecule has 1 aromatic rings. The molecule has 0 atom stereocenters. The molecule has 98 valence electrons. The van der Waals surface area contributed by atoms with Crippen molar-refractivity contribution in [2.24, 2.45) is 0 Å². The average molecular weight is 251 g/mol. The normalized spacial score (nSPS) is 10.8. The topological polar surface area (TPSA) is 75.6 Å². The Labute approximate surface area is 106 Å². The molecule has 2 N–H and O–H groups in total. The number of carbonyl (C=O) groups is 2. The Kier molecular flexibility index (Phi) is 4.71. The SMILES string of the molecule is CC(C)(CC(=O)O)NC(=O)COc1ccccc1. The number of hydrogen-bond acceptors (Lipinski definition) is 3. The number of benzene rings is 1. The van der Waals surface area contributed by atoms with E-state index in [0.717, 1.165) is 0 Å². The maximum atomic E-state index is 11.6. The number of carboxylic acid groups (broad SMARTS) is 1. The lowest BCUT2D eigenvalue weighted by atomic mass is 10.0. The summed E-state index contributed by atoms with van der Waals surface area (Å²) in [5.41, 5.74) is -0.789. The van der Waals surface area contributed by atoms with E-state index in [1.54, 1.807) is 26.0 Å². The minimum Gasteiger partial charge on any atom is -0.484 e. The molecule has 1 aromatic carbocycles. The lowest BCUT2D eigenvalue weighted by molar-refractivity contribution is -0.138. The third-order valence-electron chi connectivity index (χ3n) is 2.18. The molecule has 0 spiro atoms. The van der Waals surface area contributed by atoms with Crippen molar-refractivity contribution in [2.45, 2.75) is 25.8 Å². The number of amides is 1. The lowest BCUT2D eigenvalue weighted by Crippen LogP contribution is -2.46. The zero-order valence-electron chi connectivity index (χ0n) is 10.5. The van der Waals surface area contributed by atoms with E-state index in [2.05, 4.69) is 5.32 Å². The van der Waals surface area contributed by atoms with Gasteiger partial charge in [-0.1, -0.05) is 18.2 Å². The van der Waals surface area contributed by atoms with E-state index < -0.39 is 11.5 Å². The van der Waals surface area contributed by atoms with Gasteiger partial charge in [0.25, 0.3) is 5.91 Å². The highest BCUT2D eigenvalue weighted by Crippen LogP contribution is 2.10. The highest BCUT2D eigenvalue weighted by atomic mass is 16.5. The fraction of sp³-hybridized carbons (Fsp3) is 0.385. The summed E-state index contributed by atoms with van der Waals surface area (Å²) < 4.78 is 5.26. The molecule has 0 radical (unpaired) electrons. The summed E-state index contributed by atoms with van der Waals surface area (Å²) in [6, 6.07) is 8.96. The van der Waals surface area contributed by atoms with Crippen molar-refractivity contribution in [3.63, 3.8) is 0 Å². The van der Waals surface area contributed by atoms with Crippen LogP contribution >= 0.6 is 0 Å². The number of aliphatic carboxylic acids is 1. The summed E-state index contributed by atoms with van der Waals surface area (Å²) in [5, 5.41) is 11.3. The quantitative estimate of drug-likeness (QED) is 0.802. The number of rotatable bonds is 6. The number of nitrogens with one attached hydrogen (secondary N) is 1. The molecule has 1 amide bonds. The summed E-state index contributed by atoms with van der Waals surface area (Å²) in [5.74, 6) is -0.696. The molecule has 0 aliphatic carbocycles. The molecule has 0 fully saturated rings. The van der Waals surface area contributed by atoms with E-state index in [1.807, 2.05) is 18.2 Å². The molecule has 0 unspecified atom stereocenters. The highest BCUT2D eigenvalue weighted by Gasteiger charge is 2.23. The second kappa shape index (κ2) is 6.05. The predicted octanol–water partition coefficient (Wildman–Crippen LogP) is 1.43. The van der Waals surface area contributed by atoms with E-state index in [-0.39, 0.29) is 18.9 Å². The van der Waals surface area contributed by atoms with Gasteiger partial charge in [0.05, 0.1) is 6.42 Å². The highest BCUT2D eigenvalue weighted by molar-refractivity contribution is 5.79. The second-order valence-corrected chi connectivity index (χ2v) is 4.60. The van der Waals surface area contributed by atoms with E-state index in [9.17, 15) is 9.59 Å². The molecule has 0 heterocycles. The number of carboxylic acids is 1. The summed E-state index contributed by atoms with van der Waals surface area (Å²) in [7, 11) is 0. The molecule has 0 aliphatic heterocycles. The van der Waals surface area contributed by atoms with Crippen molar-refractivity contribution in [3.8, 4) is 5.75 Å². The van der Waals surface area contributed by atoms with Crippen molar-refractivity contribution in [1.29, 1.82) is 0 Å². The van der Waals surface area contributed by atoms with Crippen molar-refractivity contribution >= 4 is 11.9 Å². The molecule has 0 bridgehead atoms. The van der Waals surface area contributed by atoms with Gasteiger partial charge in [-0.3, -0.25) is 9.59 Å². The standard InChI is InChI=1S/C13H17NO4/c1-13(2,8-12(16)17)14-11(15)9-18-10-6-4-3-5-7-10/h3-7H,8-9H2,1-2H3,(H,14,15)(H,16,17). The monoisotopic (exact) mass is 251 g/mol. The van der Waals surface area contributed by atoms with Gasteiger partial charge >= 0.3 is 5.97 Å². The first-order valence-corrected chi connectivity index (χ1v) is 5.60.